The van der Waals surface area contributed by atoms with Crippen LogP contribution in [0.15, 0.2) is 47.5 Å². The molecule has 18 heavy (non-hydrogen) atoms. The Morgan fingerprint density at radius 3 is 2.72 bits per heavy atom. The topological polar surface area (TPSA) is 38.7 Å². The van der Waals surface area contributed by atoms with Crippen LogP contribution >= 0.6 is 0 Å². The molecule has 1 fully saturated rings. The number of esters is 1. The number of cyclic esters (lactones) is 1. The lowest BCUT2D eigenvalue weighted by Crippen LogP contribution is -2.39. The smallest absolute Gasteiger partial charge is 0.318 e. The van der Waals surface area contributed by atoms with Crippen LogP contribution in [0.2, 0.25) is 0 Å². The molecule has 0 bridgehead atoms. The van der Waals surface area contributed by atoms with Crippen molar-refractivity contribution in [1.29, 1.82) is 0 Å². The van der Waals surface area contributed by atoms with E-state index in [2.05, 4.69) is 11.6 Å². The number of rotatable bonds is 1. The van der Waals surface area contributed by atoms with Crippen molar-refractivity contribution in [2.24, 2.45) is 10.4 Å². The molecule has 1 aromatic rings. The van der Waals surface area contributed by atoms with E-state index in [-0.39, 0.29) is 5.97 Å². The van der Waals surface area contributed by atoms with E-state index in [1.165, 1.54) is 0 Å². The average Bonchev–Trinajstić information content (AvgIpc) is 2.72. The zero-order valence-electron chi connectivity index (χ0n) is 10.2. The zero-order chi connectivity index (χ0) is 12.6. The van der Waals surface area contributed by atoms with Crippen molar-refractivity contribution >= 4 is 11.7 Å². The molecule has 2 aliphatic rings. The van der Waals surface area contributed by atoms with Crippen LogP contribution in [0.25, 0.3) is 0 Å². The van der Waals surface area contributed by atoms with E-state index in [4.69, 9.17) is 4.74 Å². The quantitative estimate of drug-likeness (QED) is 0.559. The number of aliphatic imine (C=N–C) groups is 1. The molecule has 0 N–H and O–H groups in total. The number of hydrogen-bond acceptors (Lipinski definition) is 3. The summed E-state index contributed by atoms with van der Waals surface area (Å²) < 4.78 is 5.19. The van der Waals surface area contributed by atoms with Crippen LogP contribution in [0, 0.1) is 5.41 Å². The maximum atomic E-state index is 12.1. The summed E-state index contributed by atoms with van der Waals surface area (Å²) in [6.45, 7) is 5.08. The summed E-state index contributed by atoms with van der Waals surface area (Å²) in [5.41, 5.74) is 2.31. The lowest BCUT2D eigenvalue weighted by Gasteiger charge is -2.31. The van der Waals surface area contributed by atoms with Crippen LogP contribution in [0.1, 0.15) is 18.4 Å². The lowest BCUT2D eigenvalue weighted by atomic mass is 9.72. The Balaban J connectivity index is 2.11. The first-order valence-electron chi connectivity index (χ1n) is 6.17. The molecule has 1 saturated heterocycles. The van der Waals surface area contributed by atoms with Gasteiger partial charge in [0.1, 0.15) is 5.41 Å². The summed E-state index contributed by atoms with van der Waals surface area (Å²) in [6.07, 6.45) is 1.37. The molecule has 0 radical (unpaired) electrons. The van der Waals surface area contributed by atoms with Crippen molar-refractivity contribution in [2.45, 2.75) is 12.8 Å². The van der Waals surface area contributed by atoms with Crippen LogP contribution in [-0.2, 0) is 9.53 Å². The summed E-state index contributed by atoms with van der Waals surface area (Å²) in [7, 11) is 0. The Morgan fingerprint density at radius 1 is 1.28 bits per heavy atom. The van der Waals surface area contributed by atoms with Gasteiger partial charge in [0.2, 0.25) is 0 Å². The van der Waals surface area contributed by atoms with Crippen molar-refractivity contribution in [3.63, 3.8) is 0 Å². The molecule has 1 unspecified atom stereocenters. The summed E-state index contributed by atoms with van der Waals surface area (Å²) in [5, 5.41) is 0. The van der Waals surface area contributed by atoms with Crippen molar-refractivity contribution in [3.8, 4) is 0 Å². The maximum Gasteiger partial charge on any atom is 0.318 e. The molecule has 1 spiro atoms. The Morgan fingerprint density at radius 2 is 2.06 bits per heavy atom. The minimum Gasteiger partial charge on any atom is -0.465 e. The molecule has 2 heterocycles. The first-order chi connectivity index (χ1) is 8.72. The molecular weight excluding hydrogens is 226 g/mol. The van der Waals surface area contributed by atoms with Crippen molar-refractivity contribution < 1.29 is 9.53 Å². The third-order valence-electron chi connectivity index (χ3n) is 3.67. The van der Waals surface area contributed by atoms with Gasteiger partial charge in [0.25, 0.3) is 0 Å². The normalized spacial score (nSPS) is 27.2. The number of nitrogens with zero attached hydrogens (tertiary/aromatic N) is 1. The second kappa shape index (κ2) is 4.09. The predicted molar refractivity (Wildman–Crippen MR) is 69.6 cm³/mol. The number of hydrogen-bond donors (Lipinski definition) is 0. The standard InChI is InChI=1S/C15H15NO2/c1-11-9-15(7-8-18-14(15)17)13(16-10-11)12-5-3-2-4-6-12/h2-6H,1,7-10H2. The third-order valence-corrected chi connectivity index (χ3v) is 3.67. The van der Waals surface area contributed by atoms with Crippen LogP contribution in [0.5, 0.6) is 0 Å². The first kappa shape index (κ1) is 11.2. The molecule has 2 aliphatic heterocycles. The van der Waals surface area contributed by atoms with Gasteiger partial charge < -0.3 is 4.74 Å². The van der Waals surface area contributed by atoms with Crippen LogP contribution < -0.4 is 0 Å². The third kappa shape index (κ3) is 1.58. The fraction of sp³-hybridized carbons (Fsp3) is 0.333. The van der Waals surface area contributed by atoms with Gasteiger partial charge >= 0.3 is 5.97 Å². The summed E-state index contributed by atoms with van der Waals surface area (Å²) in [4.78, 5) is 16.7. The maximum absolute atomic E-state index is 12.1. The SMILES string of the molecule is C=C1CN=C(c2ccccc2)C2(CCOC2=O)C1. The van der Waals surface area contributed by atoms with Gasteiger partial charge in [-0.15, -0.1) is 0 Å². The van der Waals surface area contributed by atoms with E-state index in [1.807, 2.05) is 30.3 Å². The van der Waals surface area contributed by atoms with E-state index in [9.17, 15) is 4.79 Å². The molecule has 0 aromatic heterocycles. The molecule has 0 aliphatic carbocycles. The zero-order valence-corrected chi connectivity index (χ0v) is 10.2. The minimum absolute atomic E-state index is 0.147. The fourth-order valence-electron chi connectivity index (χ4n) is 2.81. The Hall–Kier alpha value is -1.90. The molecule has 1 atom stereocenters. The van der Waals surface area contributed by atoms with E-state index in [0.29, 0.717) is 26.0 Å². The van der Waals surface area contributed by atoms with Gasteiger partial charge in [-0.2, -0.15) is 0 Å². The first-order valence-corrected chi connectivity index (χ1v) is 6.17. The van der Waals surface area contributed by atoms with E-state index < -0.39 is 5.41 Å². The van der Waals surface area contributed by atoms with E-state index >= 15 is 0 Å². The average molecular weight is 241 g/mol. The van der Waals surface area contributed by atoms with E-state index in [0.717, 1.165) is 16.8 Å². The highest BCUT2D eigenvalue weighted by Gasteiger charge is 2.50. The highest BCUT2D eigenvalue weighted by Crippen LogP contribution is 2.42. The van der Waals surface area contributed by atoms with Gasteiger partial charge in [-0.1, -0.05) is 42.5 Å². The van der Waals surface area contributed by atoms with Gasteiger partial charge in [-0.25, -0.2) is 0 Å². The number of carbonyl (C=O) groups excluding carboxylic acids is 1. The monoisotopic (exact) mass is 241 g/mol. The van der Waals surface area contributed by atoms with Gasteiger partial charge in [0.05, 0.1) is 18.9 Å². The molecular formula is C15H15NO2. The molecule has 0 saturated carbocycles. The molecule has 0 amide bonds. The molecule has 1 aromatic carbocycles. The summed E-state index contributed by atoms with van der Waals surface area (Å²) in [5.74, 6) is -0.147. The van der Waals surface area contributed by atoms with Crippen LogP contribution in [0.3, 0.4) is 0 Å². The minimum atomic E-state index is -0.587. The predicted octanol–water partition coefficient (Wildman–Crippen LogP) is 2.37. The number of ether oxygens (including phenoxy) is 1. The van der Waals surface area contributed by atoms with Crippen LogP contribution in [0.4, 0.5) is 0 Å². The number of carbonyl (C=O) groups is 1. The fourth-order valence-corrected chi connectivity index (χ4v) is 2.81. The van der Waals surface area contributed by atoms with Gasteiger partial charge in [-0.05, 0) is 12.0 Å². The van der Waals surface area contributed by atoms with Gasteiger partial charge in [0, 0.05) is 6.42 Å². The van der Waals surface area contributed by atoms with Gasteiger partial charge in [0.15, 0.2) is 0 Å². The summed E-state index contributed by atoms with van der Waals surface area (Å²) >= 11 is 0. The highest BCUT2D eigenvalue weighted by molar-refractivity contribution is 6.16. The number of benzene rings is 1. The Labute approximate surface area is 106 Å². The lowest BCUT2D eigenvalue weighted by molar-refractivity contribution is -0.143. The molecule has 3 rings (SSSR count). The van der Waals surface area contributed by atoms with E-state index in [1.54, 1.807) is 0 Å². The Kier molecular flexibility index (Phi) is 2.54. The Bertz CT molecular complexity index is 533. The van der Waals surface area contributed by atoms with Crippen LogP contribution in [-0.4, -0.2) is 24.8 Å². The van der Waals surface area contributed by atoms with Crippen molar-refractivity contribution in [2.75, 3.05) is 13.2 Å². The second-order valence-electron chi connectivity index (χ2n) is 4.93. The largest absolute Gasteiger partial charge is 0.465 e. The second-order valence-corrected chi connectivity index (χ2v) is 4.93. The molecule has 3 heteroatoms. The van der Waals surface area contributed by atoms with Crippen molar-refractivity contribution in [3.05, 3.63) is 48.0 Å². The van der Waals surface area contributed by atoms with Crippen molar-refractivity contribution in [1.82, 2.24) is 0 Å². The van der Waals surface area contributed by atoms with Gasteiger partial charge in [-0.3, -0.25) is 9.79 Å². The molecule has 3 nitrogen and oxygen atoms in total. The molecule has 92 valence electrons. The summed E-state index contributed by atoms with van der Waals surface area (Å²) in [6, 6.07) is 9.90. The highest BCUT2D eigenvalue weighted by atomic mass is 16.5.